The third kappa shape index (κ3) is 2.47. The number of rotatable bonds is 2. The van der Waals surface area contributed by atoms with Crippen molar-refractivity contribution in [2.45, 2.75) is 0 Å². The smallest absolute Gasteiger partial charge is 0.195 e. The second-order valence-electron chi connectivity index (χ2n) is 4.23. The van der Waals surface area contributed by atoms with Crippen LogP contribution in [0.25, 0.3) is 10.9 Å². The van der Waals surface area contributed by atoms with E-state index in [9.17, 15) is 4.79 Å². The normalized spacial score (nSPS) is 10.8. The lowest BCUT2D eigenvalue weighted by atomic mass is 10.0. The topological polar surface area (TPSA) is 32.9 Å². The third-order valence-corrected chi connectivity index (χ3v) is 4.21. The molecule has 0 unspecified atom stereocenters. The van der Waals surface area contributed by atoms with Gasteiger partial charge in [-0.15, -0.1) is 0 Å². The molecule has 0 amide bonds. The van der Waals surface area contributed by atoms with E-state index < -0.39 is 0 Å². The van der Waals surface area contributed by atoms with E-state index in [0.717, 1.165) is 18.9 Å². The van der Waals surface area contributed by atoms with Gasteiger partial charge in [-0.05, 0) is 59.0 Å². The predicted octanol–water partition coefficient (Wildman–Crippen LogP) is 4.77. The molecule has 94 valence electrons. The summed E-state index contributed by atoms with van der Waals surface area (Å²) < 4.78 is 2.12. The number of hydrogen-bond donors (Lipinski definition) is 1. The zero-order chi connectivity index (χ0) is 13.4. The largest absolute Gasteiger partial charge is 0.360 e. The van der Waals surface area contributed by atoms with Crippen molar-refractivity contribution in [3.8, 4) is 0 Å². The highest BCUT2D eigenvalue weighted by atomic mass is 127. The van der Waals surface area contributed by atoms with E-state index >= 15 is 0 Å². The van der Waals surface area contributed by atoms with Crippen LogP contribution in [0.5, 0.6) is 0 Å². The molecule has 0 bridgehead atoms. The first-order valence-electron chi connectivity index (χ1n) is 5.72. The summed E-state index contributed by atoms with van der Waals surface area (Å²) in [6.07, 6.45) is 1.78. The number of nitrogens with one attached hydrogen (secondary N) is 1. The van der Waals surface area contributed by atoms with Gasteiger partial charge in [-0.25, -0.2) is 0 Å². The first kappa shape index (κ1) is 12.9. The maximum Gasteiger partial charge on any atom is 0.195 e. The summed E-state index contributed by atoms with van der Waals surface area (Å²) >= 11 is 5.65. The minimum absolute atomic E-state index is 0.0463. The lowest BCUT2D eigenvalue weighted by Crippen LogP contribution is -1.99. The lowest BCUT2D eigenvalue weighted by molar-refractivity contribution is 0.104. The van der Waals surface area contributed by atoms with Gasteiger partial charge in [-0.1, -0.05) is 22.0 Å². The fourth-order valence-electron chi connectivity index (χ4n) is 2.04. The van der Waals surface area contributed by atoms with E-state index in [2.05, 4.69) is 43.5 Å². The molecule has 2 nitrogen and oxygen atoms in total. The van der Waals surface area contributed by atoms with Crippen molar-refractivity contribution in [3.63, 3.8) is 0 Å². The Hall–Kier alpha value is -1.14. The van der Waals surface area contributed by atoms with Crippen molar-refractivity contribution in [3.05, 3.63) is 67.8 Å². The minimum atomic E-state index is 0.0463. The third-order valence-electron chi connectivity index (χ3n) is 2.99. The number of aromatic amines is 1. The van der Waals surface area contributed by atoms with Gasteiger partial charge in [-0.2, -0.15) is 0 Å². The molecule has 0 spiro atoms. The van der Waals surface area contributed by atoms with E-state index in [-0.39, 0.29) is 5.78 Å². The molecular formula is C15H9BrINO. The average Bonchev–Trinajstić information content (AvgIpc) is 2.81. The van der Waals surface area contributed by atoms with Crippen LogP contribution in [0, 0.1) is 3.57 Å². The van der Waals surface area contributed by atoms with Crippen LogP contribution in [0.1, 0.15) is 15.9 Å². The second-order valence-corrected chi connectivity index (χ2v) is 6.39. The highest BCUT2D eigenvalue weighted by molar-refractivity contribution is 14.1. The summed E-state index contributed by atoms with van der Waals surface area (Å²) in [7, 11) is 0. The Morgan fingerprint density at radius 1 is 1.11 bits per heavy atom. The molecule has 0 aliphatic carbocycles. The van der Waals surface area contributed by atoms with E-state index in [0.29, 0.717) is 11.1 Å². The van der Waals surface area contributed by atoms with Crippen molar-refractivity contribution in [2.24, 2.45) is 0 Å². The van der Waals surface area contributed by atoms with Crippen LogP contribution in [0.4, 0.5) is 0 Å². The number of carbonyl (C=O) groups excluding carboxylic acids is 1. The summed E-state index contributed by atoms with van der Waals surface area (Å²) in [6.45, 7) is 0. The second kappa shape index (κ2) is 5.09. The molecule has 0 radical (unpaired) electrons. The van der Waals surface area contributed by atoms with Gasteiger partial charge in [-0.3, -0.25) is 4.79 Å². The van der Waals surface area contributed by atoms with Gasteiger partial charge in [0.25, 0.3) is 0 Å². The maximum atomic E-state index is 12.5. The van der Waals surface area contributed by atoms with E-state index in [1.54, 1.807) is 6.20 Å². The number of ketones is 1. The highest BCUT2D eigenvalue weighted by Crippen LogP contribution is 2.24. The average molecular weight is 426 g/mol. The molecule has 0 atom stereocenters. The minimum Gasteiger partial charge on any atom is -0.360 e. The molecule has 1 N–H and O–H groups in total. The van der Waals surface area contributed by atoms with E-state index in [4.69, 9.17) is 0 Å². The Balaban J connectivity index is 2.09. The molecule has 1 aromatic heterocycles. The summed E-state index contributed by atoms with van der Waals surface area (Å²) in [5, 5.41) is 0.951. The van der Waals surface area contributed by atoms with Crippen molar-refractivity contribution in [1.82, 2.24) is 4.98 Å². The van der Waals surface area contributed by atoms with E-state index in [1.165, 1.54) is 0 Å². The van der Waals surface area contributed by atoms with Crippen LogP contribution >= 0.6 is 38.5 Å². The number of hydrogen-bond acceptors (Lipinski definition) is 1. The molecule has 3 rings (SSSR count). The fourth-order valence-corrected chi connectivity index (χ4v) is 2.76. The number of benzene rings is 2. The number of fused-ring (bicyclic) bond motifs is 1. The Morgan fingerprint density at radius 3 is 2.58 bits per heavy atom. The van der Waals surface area contributed by atoms with Gasteiger partial charge in [0.1, 0.15) is 0 Å². The fraction of sp³-hybridized carbons (Fsp3) is 0. The molecule has 0 fully saturated rings. The molecular weight excluding hydrogens is 417 g/mol. The summed E-state index contributed by atoms with van der Waals surface area (Å²) in [5.74, 6) is 0.0463. The van der Waals surface area contributed by atoms with Crippen molar-refractivity contribution in [1.29, 1.82) is 0 Å². The molecule has 3 aromatic rings. The van der Waals surface area contributed by atoms with Crippen LogP contribution in [-0.4, -0.2) is 10.8 Å². The van der Waals surface area contributed by atoms with Crippen LogP contribution in [0.15, 0.2) is 53.1 Å². The summed E-state index contributed by atoms with van der Waals surface area (Å²) in [6, 6.07) is 13.5. The van der Waals surface area contributed by atoms with Gasteiger partial charge >= 0.3 is 0 Å². The molecule has 19 heavy (non-hydrogen) atoms. The maximum absolute atomic E-state index is 12.5. The Morgan fingerprint density at radius 2 is 1.84 bits per heavy atom. The zero-order valence-electron chi connectivity index (χ0n) is 9.78. The quantitative estimate of drug-likeness (QED) is 0.465. The molecule has 1 heterocycles. The molecule has 0 aliphatic rings. The van der Waals surface area contributed by atoms with Crippen LogP contribution in [0.2, 0.25) is 0 Å². The first-order valence-corrected chi connectivity index (χ1v) is 7.59. The zero-order valence-corrected chi connectivity index (χ0v) is 13.5. The number of aromatic nitrogens is 1. The monoisotopic (exact) mass is 425 g/mol. The number of halogens is 2. The molecule has 0 saturated carbocycles. The van der Waals surface area contributed by atoms with Gasteiger partial charge in [0.05, 0.1) is 0 Å². The van der Waals surface area contributed by atoms with Crippen LogP contribution < -0.4 is 0 Å². The molecule has 2 aromatic carbocycles. The van der Waals surface area contributed by atoms with Gasteiger partial charge in [0, 0.05) is 36.3 Å². The molecule has 0 aliphatic heterocycles. The molecule has 0 saturated heterocycles. The Kier molecular flexibility index (Phi) is 3.45. The Bertz CT molecular complexity index is 761. The predicted molar refractivity (Wildman–Crippen MR) is 88.6 cm³/mol. The van der Waals surface area contributed by atoms with Crippen LogP contribution in [0.3, 0.4) is 0 Å². The Labute approximate surface area is 132 Å². The SMILES string of the molecule is O=C(c1ccc(I)cc1)c1c[nH]c2cc(Br)ccc12. The summed E-state index contributed by atoms with van der Waals surface area (Å²) in [4.78, 5) is 15.6. The van der Waals surface area contributed by atoms with Gasteiger partial charge < -0.3 is 4.98 Å². The van der Waals surface area contributed by atoms with Crippen molar-refractivity contribution < 1.29 is 4.79 Å². The standard InChI is InChI=1S/C15H9BrINO/c16-10-3-6-12-13(8-18-14(12)7-10)15(19)9-1-4-11(17)5-2-9/h1-8,18H. The number of H-pyrrole nitrogens is 1. The highest BCUT2D eigenvalue weighted by Gasteiger charge is 2.14. The molecule has 4 heteroatoms. The van der Waals surface area contributed by atoms with Crippen LogP contribution in [-0.2, 0) is 0 Å². The summed E-state index contributed by atoms with van der Waals surface area (Å²) in [5.41, 5.74) is 2.39. The van der Waals surface area contributed by atoms with E-state index in [1.807, 2.05) is 42.5 Å². The lowest BCUT2D eigenvalue weighted by Gasteiger charge is -2.00. The van der Waals surface area contributed by atoms with Crippen molar-refractivity contribution in [2.75, 3.05) is 0 Å². The van der Waals surface area contributed by atoms with Gasteiger partial charge in [0.2, 0.25) is 0 Å². The van der Waals surface area contributed by atoms with Crippen molar-refractivity contribution >= 4 is 55.2 Å². The number of carbonyl (C=O) groups is 1. The first-order chi connectivity index (χ1) is 9.15. The van der Waals surface area contributed by atoms with Gasteiger partial charge in [0.15, 0.2) is 5.78 Å².